The predicted molar refractivity (Wildman–Crippen MR) is 72.1 cm³/mol. The molecule has 3 atom stereocenters. The Labute approximate surface area is 104 Å². The van der Waals surface area contributed by atoms with Crippen molar-refractivity contribution >= 4 is 5.69 Å². The first-order chi connectivity index (χ1) is 8.28. The number of benzene rings is 1. The van der Waals surface area contributed by atoms with Gasteiger partial charge in [-0.1, -0.05) is 19.1 Å². The normalized spacial score (nSPS) is 28.7. The lowest BCUT2D eigenvalue weighted by Gasteiger charge is -2.29. The Balaban J connectivity index is 1.76. The summed E-state index contributed by atoms with van der Waals surface area (Å²) < 4.78 is 0. The lowest BCUT2D eigenvalue weighted by atomic mass is 10.0. The van der Waals surface area contributed by atoms with Gasteiger partial charge in [0.25, 0.3) is 0 Å². The van der Waals surface area contributed by atoms with Crippen molar-refractivity contribution in [3.05, 3.63) is 29.8 Å². The molecule has 2 bridgehead atoms. The zero-order chi connectivity index (χ0) is 11.8. The van der Waals surface area contributed by atoms with Gasteiger partial charge in [-0.2, -0.15) is 0 Å². The van der Waals surface area contributed by atoms with Gasteiger partial charge in [0.1, 0.15) is 0 Å². The van der Waals surface area contributed by atoms with E-state index in [1.807, 2.05) is 0 Å². The molecule has 1 aliphatic carbocycles. The number of nitrogens with two attached hydrogens (primary N) is 1. The van der Waals surface area contributed by atoms with E-state index in [9.17, 15) is 0 Å². The fourth-order valence-corrected chi connectivity index (χ4v) is 3.39. The summed E-state index contributed by atoms with van der Waals surface area (Å²) >= 11 is 0. The van der Waals surface area contributed by atoms with Gasteiger partial charge in [0.2, 0.25) is 0 Å². The van der Waals surface area contributed by atoms with Crippen molar-refractivity contribution in [2.75, 3.05) is 11.4 Å². The molecule has 0 amide bonds. The van der Waals surface area contributed by atoms with Crippen LogP contribution in [0.1, 0.15) is 44.2 Å². The molecule has 1 heterocycles. The highest BCUT2D eigenvalue weighted by Crippen LogP contribution is 2.40. The van der Waals surface area contributed by atoms with Crippen molar-refractivity contribution in [3.8, 4) is 0 Å². The molecule has 1 aromatic carbocycles. The molecule has 0 radical (unpaired) electrons. The number of rotatable bonds is 3. The summed E-state index contributed by atoms with van der Waals surface area (Å²) in [4.78, 5) is 2.59. The van der Waals surface area contributed by atoms with E-state index in [-0.39, 0.29) is 6.04 Å². The predicted octanol–water partition coefficient (Wildman–Crippen LogP) is 3.09. The van der Waals surface area contributed by atoms with Crippen LogP contribution in [0.2, 0.25) is 0 Å². The second-order valence-corrected chi connectivity index (χ2v) is 5.59. The first-order valence-electron chi connectivity index (χ1n) is 6.90. The molecule has 3 rings (SSSR count). The highest BCUT2D eigenvalue weighted by atomic mass is 15.2. The fourth-order valence-electron chi connectivity index (χ4n) is 3.39. The molecule has 1 saturated heterocycles. The standard InChI is InChI=1S/C15H22N2/c1-2-15(16)12-4-7-13(8-5-12)17-10-11-3-6-14(17)9-11/h4-5,7-8,11,14-15H,2-3,6,9-10,16H2,1H3/t11?,14?,15-/m0/s1. The summed E-state index contributed by atoms with van der Waals surface area (Å²) in [6, 6.07) is 9.92. The molecule has 2 aliphatic rings. The van der Waals surface area contributed by atoms with Crippen molar-refractivity contribution in [3.63, 3.8) is 0 Å². The van der Waals surface area contributed by atoms with E-state index < -0.39 is 0 Å². The first kappa shape index (κ1) is 11.1. The zero-order valence-corrected chi connectivity index (χ0v) is 10.6. The third kappa shape index (κ3) is 1.95. The topological polar surface area (TPSA) is 29.3 Å². The van der Waals surface area contributed by atoms with Gasteiger partial charge in [-0.3, -0.25) is 0 Å². The monoisotopic (exact) mass is 230 g/mol. The molecule has 2 N–H and O–H groups in total. The van der Waals surface area contributed by atoms with Gasteiger partial charge < -0.3 is 10.6 Å². The van der Waals surface area contributed by atoms with E-state index in [4.69, 9.17) is 5.73 Å². The molecule has 2 heteroatoms. The van der Waals surface area contributed by atoms with Gasteiger partial charge in [-0.25, -0.2) is 0 Å². The molecule has 0 aromatic heterocycles. The molecule has 17 heavy (non-hydrogen) atoms. The van der Waals surface area contributed by atoms with Crippen molar-refractivity contribution in [1.29, 1.82) is 0 Å². The quantitative estimate of drug-likeness (QED) is 0.864. The Morgan fingerprint density at radius 1 is 1.29 bits per heavy atom. The van der Waals surface area contributed by atoms with Crippen LogP contribution in [0, 0.1) is 5.92 Å². The van der Waals surface area contributed by atoms with Crippen LogP contribution in [0.5, 0.6) is 0 Å². The Hall–Kier alpha value is -1.02. The van der Waals surface area contributed by atoms with Crippen molar-refractivity contribution in [2.45, 2.75) is 44.7 Å². The highest BCUT2D eigenvalue weighted by Gasteiger charge is 2.37. The van der Waals surface area contributed by atoms with Crippen LogP contribution in [0.4, 0.5) is 5.69 Å². The minimum atomic E-state index is 0.194. The van der Waals surface area contributed by atoms with Crippen LogP contribution in [0.15, 0.2) is 24.3 Å². The van der Waals surface area contributed by atoms with Gasteiger partial charge in [-0.05, 0) is 49.3 Å². The molecule has 92 valence electrons. The lowest BCUT2D eigenvalue weighted by Crippen LogP contribution is -2.31. The van der Waals surface area contributed by atoms with Gasteiger partial charge >= 0.3 is 0 Å². The molecular weight excluding hydrogens is 208 g/mol. The Morgan fingerprint density at radius 3 is 2.59 bits per heavy atom. The third-order valence-electron chi connectivity index (χ3n) is 4.50. The van der Waals surface area contributed by atoms with Crippen LogP contribution >= 0.6 is 0 Å². The highest BCUT2D eigenvalue weighted by molar-refractivity contribution is 5.50. The smallest absolute Gasteiger partial charge is 0.0369 e. The number of fused-ring (bicyclic) bond motifs is 2. The van der Waals surface area contributed by atoms with Crippen LogP contribution in [0.3, 0.4) is 0 Å². The zero-order valence-electron chi connectivity index (χ0n) is 10.6. The average Bonchev–Trinajstić information content (AvgIpc) is 3.00. The number of nitrogens with zero attached hydrogens (tertiary/aromatic N) is 1. The number of hydrogen-bond acceptors (Lipinski definition) is 2. The summed E-state index contributed by atoms with van der Waals surface area (Å²) in [5.74, 6) is 0.956. The second kappa shape index (κ2) is 4.34. The van der Waals surface area contributed by atoms with Crippen molar-refractivity contribution in [1.82, 2.24) is 0 Å². The number of piperidine rings is 1. The summed E-state index contributed by atoms with van der Waals surface area (Å²) in [5, 5.41) is 0. The van der Waals surface area contributed by atoms with Gasteiger partial charge in [0.15, 0.2) is 0 Å². The summed E-state index contributed by atoms with van der Waals surface area (Å²) in [6.07, 6.45) is 5.25. The van der Waals surface area contributed by atoms with Gasteiger partial charge in [-0.15, -0.1) is 0 Å². The SMILES string of the molecule is CC[C@H](N)c1ccc(N2CC3CCC2C3)cc1. The molecule has 0 spiro atoms. The maximum atomic E-state index is 6.04. The Kier molecular flexibility index (Phi) is 2.83. The van der Waals surface area contributed by atoms with Gasteiger partial charge in [0.05, 0.1) is 0 Å². The minimum absolute atomic E-state index is 0.194. The lowest BCUT2D eigenvalue weighted by molar-refractivity contribution is 0.553. The molecule has 1 aromatic rings. The van der Waals surface area contributed by atoms with Crippen molar-refractivity contribution < 1.29 is 0 Å². The molecule has 1 saturated carbocycles. The largest absolute Gasteiger partial charge is 0.368 e. The minimum Gasteiger partial charge on any atom is -0.368 e. The fraction of sp³-hybridized carbons (Fsp3) is 0.600. The summed E-state index contributed by atoms with van der Waals surface area (Å²) in [5.41, 5.74) is 8.70. The van der Waals surface area contributed by atoms with E-state index in [2.05, 4.69) is 36.1 Å². The van der Waals surface area contributed by atoms with Crippen LogP contribution < -0.4 is 10.6 Å². The van der Waals surface area contributed by atoms with E-state index in [1.54, 1.807) is 0 Å². The molecule has 2 fully saturated rings. The van der Waals surface area contributed by atoms with Gasteiger partial charge in [0, 0.05) is 24.3 Å². The van der Waals surface area contributed by atoms with E-state index in [1.165, 1.54) is 37.1 Å². The van der Waals surface area contributed by atoms with Crippen LogP contribution in [0.25, 0.3) is 0 Å². The Morgan fingerprint density at radius 2 is 2.06 bits per heavy atom. The molecule has 2 nitrogen and oxygen atoms in total. The van der Waals surface area contributed by atoms with Crippen molar-refractivity contribution in [2.24, 2.45) is 11.7 Å². The molecule has 2 unspecified atom stereocenters. The summed E-state index contributed by atoms with van der Waals surface area (Å²) in [7, 11) is 0. The van der Waals surface area contributed by atoms with Crippen LogP contribution in [-0.2, 0) is 0 Å². The summed E-state index contributed by atoms with van der Waals surface area (Å²) in [6.45, 7) is 3.40. The van der Waals surface area contributed by atoms with E-state index in [0.29, 0.717) is 0 Å². The average molecular weight is 230 g/mol. The Bertz CT molecular complexity index is 384. The van der Waals surface area contributed by atoms with Crippen LogP contribution in [-0.4, -0.2) is 12.6 Å². The maximum Gasteiger partial charge on any atom is 0.0369 e. The maximum absolute atomic E-state index is 6.04. The second-order valence-electron chi connectivity index (χ2n) is 5.59. The van der Waals surface area contributed by atoms with E-state index >= 15 is 0 Å². The first-order valence-corrected chi connectivity index (χ1v) is 6.90. The van der Waals surface area contributed by atoms with E-state index in [0.717, 1.165) is 18.4 Å². The number of hydrogen-bond donors (Lipinski definition) is 1. The molecule has 1 aliphatic heterocycles. The number of anilines is 1. The molecular formula is C15H22N2. The third-order valence-corrected chi connectivity index (χ3v) is 4.50.